The van der Waals surface area contributed by atoms with Gasteiger partial charge in [0.25, 0.3) is 0 Å². The molecule has 8 nitrogen and oxygen atoms in total. The van der Waals surface area contributed by atoms with E-state index in [2.05, 4.69) is 20.4 Å². The van der Waals surface area contributed by atoms with E-state index >= 15 is 0 Å². The van der Waals surface area contributed by atoms with Crippen molar-refractivity contribution in [2.45, 2.75) is 38.0 Å². The highest BCUT2D eigenvalue weighted by Crippen LogP contribution is 2.38. The van der Waals surface area contributed by atoms with Gasteiger partial charge in [-0.2, -0.15) is 4.98 Å². The van der Waals surface area contributed by atoms with Crippen molar-refractivity contribution in [1.82, 2.24) is 25.3 Å². The molecule has 1 aliphatic heterocycles. The number of nitrogens with zero attached hydrogens (tertiary/aromatic N) is 4. The molecule has 0 unspecified atom stereocenters. The van der Waals surface area contributed by atoms with Gasteiger partial charge in [-0.05, 0) is 37.8 Å². The predicted octanol–water partition coefficient (Wildman–Crippen LogP) is 2.19. The lowest BCUT2D eigenvalue weighted by Gasteiger charge is -2.31. The summed E-state index contributed by atoms with van der Waals surface area (Å²) in [6, 6.07) is 5.16. The zero-order chi connectivity index (χ0) is 18.6. The molecule has 1 saturated heterocycles. The highest BCUT2D eigenvalue weighted by atomic mass is 16.5. The van der Waals surface area contributed by atoms with Gasteiger partial charge in [0.05, 0.1) is 0 Å². The largest absolute Gasteiger partial charge is 0.339 e. The molecule has 1 saturated carbocycles. The smallest absolute Gasteiger partial charge is 0.317 e. The summed E-state index contributed by atoms with van der Waals surface area (Å²) in [7, 11) is 0. The van der Waals surface area contributed by atoms with Crippen LogP contribution in [0.15, 0.2) is 28.9 Å². The van der Waals surface area contributed by atoms with Crippen LogP contribution in [-0.2, 0) is 6.42 Å². The lowest BCUT2D eigenvalue weighted by Crippen LogP contribution is -2.47. The number of aromatic nitrogens is 3. The Morgan fingerprint density at radius 1 is 1.26 bits per heavy atom. The number of carbonyl (C=O) groups excluding carboxylic acids is 2. The van der Waals surface area contributed by atoms with Crippen LogP contribution < -0.4 is 5.32 Å². The van der Waals surface area contributed by atoms with Crippen molar-refractivity contribution in [2.24, 2.45) is 5.92 Å². The average Bonchev–Trinajstić information content (AvgIpc) is 3.47. The summed E-state index contributed by atoms with van der Waals surface area (Å²) in [5.74, 6) is 1.58. The molecule has 0 aromatic carbocycles. The summed E-state index contributed by atoms with van der Waals surface area (Å²) < 4.78 is 5.22. The molecular weight excluding hydrogens is 346 g/mol. The van der Waals surface area contributed by atoms with Crippen LogP contribution in [0.2, 0.25) is 0 Å². The molecule has 1 aliphatic carbocycles. The van der Waals surface area contributed by atoms with E-state index < -0.39 is 0 Å². The lowest BCUT2D eigenvalue weighted by molar-refractivity contribution is 0.0840. The number of piperidine rings is 1. The van der Waals surface area contributed by atoms with Crippen molar-refractivity contribution in [2.75, 3.05) is 19.6 Å². The van der Waals surface area contributed by atoms with Crippen LogP contribution >= 0.6 is 0 Å². The molecule has 2 aliphatic rings. The Kier molecular flexibility index (Phi) is 5.13. The van der Waals surface area contributed by atoms with E-state index in [4.69, 9.17) is 4.52 Å². The summed E-state index contributed by atoms with van der Waals surface area (Å²) in [5, 5.41) is 6.85. The number of nitrogens with one attached hydrogen (secondary N) is 1. The van der Waals surface area contributed by atoms with E-state index in [1.165, 1.54) is 0 Å². The van der Waals surface area contributed by atoms with Crippen LogP contribution in [0.1, 0.15) is 53.8 Å². The molecule has 2 aromatic rings. The highest BCUT2D eigenvalue weighted by Gasteiger charge is 2.30. The van der Waals surface area contributed by atoms with Crippen LogP contribution in [0.4, 0.5) is 4.79 Å². The summed E-state index contributed by atoms with van der Waals surface area (Å²) in [4.78, 5) is 35.2. The topological polar surface area (TPSA) is 101 Å². The summed E-state index contributed by atoms with van der Waals surface area (Å²) >= 11 is 0. The Balaban J connectivity index is 1.26. The second-order valence-electron chi connectivity index (χ2n) is 7.17. The number of rotatable bonds is 6. The maximum atomic E-state index is 12.6. The molecule has 27 heavy (non-hydrogen) atoms. The summed E-state index contributed by atoms with van der Waals surface area (Å²) in [6.07, 6.45) is 5.98. The van der Waals surface area contributed by atoms with E-state index in [-0.39, 0.29) is 17.7 Å². The van der Waals surface area contributed by atoms with Crippen LogP contribution in [0.3, 0.4) is 0 Å². The second kappa shape index (κ2) is 7.85. The quantitative estimate of drug-likeness (QED) is 0.783. The van der Waals surface area contributed by atoms with Crippen LogP contribution in [0, 0.1) is 5.92 Å². The van der Waals surface area contributed by atoms with Gasteiger partial charge in [0.2, 0.25) is 5.89 Å². The highest BCUT2D eigenvalue weighted by molar-refractivity contribution is 5.96. The number of amides is 2. The van der Waals surface area contributed by atoms with Crippen molar-refractivity contribution in [3.05, 3.63) is 41.8 Å². The van der Waals surface area contributed by atoms with Gasteiger partial charge in [-0.1, -0.05) is 11.2 Å². The van der Waals surface area contributed by atoms with E-state index in [0.717, 1.165) is 25.7 Å². The Morgan fingerprint density at radius 2 is 2.15 bits per heavy atom. The second-order valence-corrected chi connectivity index (χ2v) is 7.17. The Hall–Kier alpha value is -2.77. The minimum atomic E-state index is -0.197. The van der Waals surface area contributed by atoms with Gasteiger partial charge < -0.3 is 14.7 Å². The van der Waals surface area contributed by atoms with Crippen LogP contribution in [0.25, 0.3) is 0 Å². The molecule has 1 atom stereocenters. The maximum absolute atomic E-state index is 12.6. The van der Waals surface area contributed by atoms with Gasteiger partial charge in [0.1, 0.15) is 5.69 Å². The number of Topliss-reactive ketones (excluding diaryl/α,β-unsaturated/α-hetero) is 1. The predicted molar refractivity (Wildman–Crippen MR) is 96.2 cm³/mol. The molecule has 2 aromatic heterocycles. The molecule has 0 bridgehead atoms. The first-order valence-electron chi connectivity index (χ1n) is 9.51. The van der Waals surface area contributed by atoms with Gasteiger partial charge in [0, 0.05) is 44.1 Å². The third-order valence-electron chi connectivity index (χ3n) is 5.03. The van der Waals surface area contributed by atoms with Gasteiger partial charge in [0.15, 0.2) is 11.6 Å². The minimum Gasteiger partial charge on any atom is -0.339 e. The molecule has 142 valence electrons. The van der Waals surface area contributed by atoms with Crippen molar-refractivity contribution >= 4 is 11.8 Å². The Bertz CT molecular complexity index is 803. The standard InChI is InChI=1S/C19H23N5O3/c25-17(15-5-1-2-9-20-15)14-4-3-11-24(12-14)19(26)21-10-8-16-22-18(27-23-16)13-6-7-13/h1-2,5,9,13-14H,3-4,6-8,10-12H2,(H,21,26)/t14-/m1/s1. The third-order valence-corrected chi connectivity index (χ3v) is 5.03. The maximum Gasteiger partial charge on any atom is 0.317 e. The molecule has 1 N–H and O–H groups in total. The van der Waals surface area contributed by atoms with Crippen LogP contribution in [0.5, 0.6) is 0 Å². The van der Waals surface area contributed by atoms with E-state index in [9.17, 15) is 9.59 Å². The SMILES string of the molecule is O=C(c1ccccn1)[C@@H]1CCCN(C(=O)NCCc2noc(C3CC3)n2)C1. The lowest BCUT2D eigenvalue weighted by atomic mass is 9.92. The van der Waals surface area contributed by atoms with Crippen molar-refractivity contribution in [3.8, 4) is 0 Å². The van der Waals surface area contributed by atoms with Gasteiger partial charge >= 0.3 is 6.03 Å². The first kappa shape index (κ1) is 17.6. The number of ketones is 1. The minimum absolute atomic E-state index is 0.00695. The summed E-state index contributed by atoms with van der Waals surface area (Å²) in [5.41, 5.74) is 0.466. The van der Waals surface area contributed by atoms with Crippen molar-refractivity contribution in [3.63, 3.8) is 0 Å². The first-order chi connectivity index (χ1) is 13.2. The molecule has 4 rings (SSSR count). The number of likely N-dealkylation sites (tertiary alicyclic amines) is 1. The zero-order valence-corrected chi connectivity index (χ0v) is 15.1. The van der Waals surface area contributed by atoms with Gasteiger partial charge in [-0.15, -0.1) is 0 Å². The fraction of sp³-hybridized carbons (Fsp3) is 0.526. The summed E-state index contributed by atoms with van der Waals surface area (Å²) in [6.45, 7) is 1.53. The normalized spacial score (nSPS) is 19.7. The molecule has 8 heteroatoms. The number of hydrogen-bond donors (Lipinski definition) is 1. The molecule has 2 amide bonds. The molecule has 3 heterocycles. The van der Waals surface area contributed by atoms with E-state index in [1.807, 2.05) is 0 Å². The van der Waals surface area contributed by atoms with E-state index in [1.54, 1.807) is 29.3 Å². The molecule has 0 spiro atoms. The fourth-order valence-electron chi connectivity index (χ4n) is 3.35. The number of carbonyl (C=O) groups is 2. The number of pyridine rings is 1. The fourth-order valence-corrected chi connectivity index (χ4v) is 3.35. The Morgan fingerprint density at radius 3 is 2.93 bits per heavy atom. The molecule has 0 radical (unpaired) electrons. The van der Waals surface area contributed by atoms with Gasteiger partial charge in [-0.25, -0.2) is 4.79 Å². The first-order valence-corrected chi connectivity index (χ1v) is 9.51. The van der Waals surface area contributed by atoms with E-state index in [0.29, 0.717) is 49.4 Å². The van der Waals surface area contributed by atoms with Crippen molar-refractivity contribution in [1.29, 1.82) is 0 Å². The third kappa shape index (κ3) is 4.32. The Labute approximate surface area is 157 Å². The number of urea groups is 1. The average molecular weight is 369 g/mol. The van der Waals surface area contributed by atoms with Crippen molar-refractivity contribution < 1.29 is 14.1 Å². The zero-order valence-electron chi connectivity index (χ0n) is 15.1. The molecule has 2 fully saturated rings. The number of hydrogen-bond acceptors (Lipinski definition) is 6. The molecular formula is C19H23N5O3. The van der Waals surface area contributed by atoms with Gasteiger partial charge in [-0.3, -0.25) is 9.78 Å². The van der Waals surface area contributed by atoms with Crippen LogP contribution in [-0.4, -0.2) is 51.5 Å². The monoisotopic (exact) mass is 369 g/mol.